The number of benzene rings is 1. The lowest BCUT2D eigenvalue weighted by atomic mass is 9.89. The molecule has 0 unspecified atom stereocenters. The fourth-order valence-electron chi connectivity index (χ4n) is 1.79. The molecular weight excluding hydrogens is 222 g/mol. The van der Waals surface area contributed by atoms with Gasteiger partial charge in [0.1, 0.15) is 0 Å². The Labute approximate surface area is 101 Å². The highest BCUT2D eigenvalue weighted by Gasteiger charge is 2.30. The monoisotopic (exact) mass is 237 g/mol. The molecule has 1 amide bonds. The number of hydrogen-bond acceptors (Lipinski definition) is 3. The number of nitrogens with one attached hydrogen (secondary N) is 1. The minimum absolute atomic E-state index is 0.0320. The quantitative estimate of drug-likeness (QED) is 0.788. The maximum Gasteiger partial charge on any atom is 0.251 e. The van der Waals surface area contributed by atoms with Crippen molar-refractivity contribution in [1.29, 1.82) is 0 Å². The molecule has 4 heteroatoms. The van der Waals surface area contributed by atoms with Crippen molar-refractivity contribution in [3.63, 3.8) is 0 Å². The predicted octanol–water partition coefficient (Wildman–Crippen LogP) is 1.88. The lowest BCUT2D eigenvalue weighted by Crippen LogP contribution is -2.47. The van der Waals surface area contributed by atoms with Gasteiger partial charge in [0, 0.05) is 23.6 Å². The van der Waals surface area contributed by atoms with Crippen LogP contribution in [-0.4, -0.2) is 25.2 Å². The molecule has 1 aliphatic rings. The Bertz CT molecular complexity index is 388. The fourth-order valence-corrected chi connectivity index (χ4v) is 2.02. The third-order valence-electron chi connectivity index (χ3n) is 2.87. The van der Waals surface area contributed by atoms with Crippen LogP contribution >= 0.6 is 12.6 Å². The van der Waals surface area contributed by atoms with Crippen LogP contribution in [0.5, 0.6) is 0 Å². The van der Waals surface area contributed by atoms with Crippen molar-refractivity contribution in [2.45, 2.75) is 29.9 Å². The second-order valence-corrected chi connectivity index (χ2v) is 4.57. The number of ether oxygens (including phenoxy) is 1. The summed E-state index contributed by atoms with van der Waals surface area (Å²) in [7, 11) is 1.70. The Morgan fingerprint density at radius 1 is 1.50 bits per heavy atom. The van der Waals surface area contributed by atoms with Crippen LogP contribution in [0.25, 0.3) is 0 Å². The van der Waals surface area contributed by atoms with Crippen molar-refractivity contribution in [3.8, 4) is 0 Å². The molecule has 1 fully saturated rings. The van der Waals surface area contributed by atoms with E-state index >= 15 is 0 Å². The summed E-state index contributed by atoms with van der Waals surface area (Å²) in [5, 5.41) is 2.97. The Balaban J connectivity index is 1.89. The predicted molar refractivity (Wildman–Crippen MR) is 65.0 cm³/mol. The van der Waals surface area contributed by atoms with Gasteiger partial charge >= 0.3 is 0 Å². The number of hydrogen-bond donors (Lipinski definition) is 2. The molecule has 0 aromatic heterocycles. The lowest BCUT2D eigenvalue weighted by molar-refractivity contribution is 0.0176. The van der Waals surface area contributed by atoms with E-state index in [4.69, 9.17) is 4.74 Å². The summed E-state index contributed by atoms with van der Waals surface area (Å²) in [4.78, 5) is 12.6. The highest BCUT2D eigenvalue weighted by molar-refractivity contribution is 7.80. The first-order chi connectivity index (χ1) is 7.69. The molecule has 0 aliphatic heterocycles. The highest BCUT2D eigenvalue weighted by atomic mass is 32.1. The van der Waals surface area contributed by atoms with E-state index in [9.17, 15) is 4.79 Å². The van der Waals surface area contributed by atoms with E-state index < -0.39 is 0 Å². The topological polar surface area (TPSA) is 38.3 Å². The number of thiol groups is 1. The molecular formula is C12H15NO2S. The summed E-state index contributed by atoms with van der Waals surface area (Å²) in [5.74, 6) is -0.0320. The Morgan fingerprint density at radius 3 is 2.88 bits per heavy atom. The first-order valence-corrected chi connectivity index (χ1v) is 5.76. The van der Waals surface area contributed by atoms with E-state index in [0.29, 0.717) is 11.7 Å². The SMILES string of the molecule is COC1CC(NC(=O)c2cccc(S)c2)C1. The molecule has 0 radical (unpaired) electrons. The standard InChI is InChI=1S/C12H15NO2S/c1-15-10-6-9(7-10)13-12(14)8-3-2-4-11(16)5-8/h2-5,9-10,16H,6-7H2,1H3,(H,13,14). The van der Waals surface area contributed by atoms with Crippen molar-refractivity contribution in [3.05, 3.63) is 29.8 Å². The van der Waals surface area contributed by atoms with Gasteiger partial charge in [0.25, 0.3) is 5.91 Å². The molecule has 16 heavy (non-hydrogen) atoms. The van der Waals surface area contributed by atoms with Crippen molar-refractivity contribution < 1.29 is 9.53 Å². The van der Waals surface area contributed by atoms with E-state index in [1.54, 1.807) is 19.2 Å². The fraction of sp³-hybridized carbons (Fsp3) is 0.417. The Morgan fingerprint density at radius 2 is 2.25 bits per heavy atom. The van der Waals surface area contributed by atoms with Gasteiger partial charge in [-0.3, -0.25) is 4.79 Å². The Hall–Kier alpha value is -1.00. The van der Waals surface area contributed by atoms with Crippen molar-refractivity contribution in [2.24, 2.45) is 0 Å². The zero-order chi connectivity index (χ0) is 11.5. The summed E-state index contributed by atoms with van der Waals surface area (Å²) >= 11 is 4.21. The highest BCUT2D eigenvalue weighted by Crippen LogP contribution is 2.22. The van der Waals surface area contributed by atoms with Crippen LogP contribution in [-0.2, 0) is 4.74 Å². The van der Waals surface area contributed by atoms with E-state index in [-0.39, 0.29) is 11.9 Å². The largest absolute Gasteiger partial charge is 0.381 e. The van der Waals surface area contributed by atoms with Gasteiger partial charge in [-0.2, -0.15) is 0 Å². The first kappa shape index (κ1) is 11.5. The maximum absolute atomic E-state index is 11.8. The third-order valence-corrected chi connectivity index (χ3v) is 3.15. The van der Waals surface area contributed by atoms with Crippen LogP contribution < -0.4 is 5.32 Å². The zero-order valence-corrected chi connectivity index (χ0v) is 10.0. The summed E-state index contributed by atoms with van der Waals surface area (Å²) < 4.78 is 5.16. The van der Waals surface area contributed by atoms with E-state index in [2.05, 4.69) is 17.9 Å². The second-order valence-electron chi connectivity index (χ2n) is 4.05. The van der Waals surface area contributed by atoms with Crippen LogP contribution in [0.3, 0.4) is 0 Å². The van der Waals surface area contributed by atoms with Gasteiger partial charge in [0.15, 0.2) is 0 Å². The second kappa shape index (κ2) is 4.89. The van der Waals surface area contributed by atoms with Gasteiger partial charge in [-0.05, 0) is 31.0 Å². The molecule has 0 heterocycles. The number of carbonyl (C=O) groups is 1. The van der Waals surface area contributed by atoms with E-state index in [1.807, 2.05) is 12.1 Å². The third kappa shape index (κ3) is 2.57. The minimum Gasteiger partial charge on any atom is -0.381 e. The molecule has 1 aromatic carbocycles. The summed E-state index contributed by atoms with van der Waals surface area (Å²) in [5.41, 5.74) is 0.661. The molecule has 2 rings (SSSR count). The molecule has 0 atom stereocenters. The molecule has 1 aromatic rings. The molecule has 0 saturated heterocycles. The van der Waals surface area contributed by atoms with Crippen LogP contribution in [0.1, 0.15) is 23.2 Å². The van der Waals surface area contributed by atoms with Crippen LogP contribution in [0.2, 0.25) is 0 Å². The molecule has 0 spiro atoms. The molecule has 1 saturated carbocycles. The van der Waals surface area contributed by atoms with Gasteiger partial charge in [-0.25, -0.2) is 0 Å². The number of methoxy groups -OCH3 is 1. The number of carbonyl (C=O) groups excluding carboxylic acids is 1. The molecule has 3 nitrogen and oxygen atoms in total. The zero-order valence-electron chi connectivity index (χ0n) is 9.14. The van der Waals surface area contributed by atoms with Gasteiger partial charge in [-0.1, -0.05) is 6.07 Å². The van der Waals surface area contributed by atoms with Crippen molar-refractivity contribution >= 4 is 18.5 Å². The molecule has 1 aliphatic carbocycles. The van der Waals surface area contributed by atoms with Gasteiger partial charge in [-0.15, -0.1) is 12.6 Å². The average Bonchev–Trinajstić information content (AvgIpc) is 2.22. The van der Waals surface area contributed by atoms with Crippen LogP contribution in [0, 0.1) is 0 Å². The van der Waals surface area contributed by atoms with Gasteiger partial charge in [0.05, 0.1) is 6.10 Å². The first-order valence-electron chi connectivity index (χ1n) is 5.31. The summed E-state index contributed by atoms with van der Waals surface area (Å²) in [6.07, 6.45) is 2.12. The lowest BCUT2D eigenvalue weighted by Gasteiger charge is -2.34. The average molecular weight is 237 g/mol. The smallest absolute Gasteiger partial charge is 0.251 e. The number of amides is 1. The summed E-state index contributed by atoms with van der Waals surface area (Å²) in [6.45, 7) is 0. The normalized spacial score (nSPS) is 23.6. The molecule has 86 valence electrons. The maximum atomic E-state index is 11.8. The van der Waals surface area contributed by atoms with Gasteiger partial charge in [0.2, 0.25) is 0 Å². The summed E-state index contributed by atoms with van der Waals surface area (Å²) in [6, 6.07) is 7.49. The Kier molecular flexibility index (Phi) is 3.51. The molecule has 0 bridgehead atoms. The van der Waals surface area contributed by atoms with E-state index in [0.717, 1.165) is 17.7 Å². The van der Waals surface area contributed by atoms with Crippen molar-refractivity contribution in [2.75, 3.05) is 7.11 Å². The molecule has 1 N–H and O–H groups in total. The minimum atomic E-state index is -0.0320. The van der Waals surface area contributed by atoms with Crippen LogP contribution in [0.4, 0.5) is 0 Å². The van der Waals surface area contributed by atoms with E-state index in [1.165, 1.54) is 0 Å². The van der Waals surface area contributed by atoms with Crippen LogP contribution in [0.15, 0.2) is 29.2 Å². The van der Waals surface area contributed by atoms with Crippen molar-refractivity contribution in [1.82, 2.24) is 5.32 Å². The van der Waals surface area contributed by atoms with Gasteiger partial charge < -0.3 is 10.1 Å². The number of rotatable bonds is 3.